The van der Waals surface area contributed by atoms with Crippen molar-refractivity contribution in [3.8, 4) is 0 Å². The zero-order chi connectivity index (χ0) is 4.83. The average molecular weight is 169 g/mol. The van der Waals surface area contributed by atoms with E-state index in [9.17, 15) is 4.57 Å². The fourth-order valence-corrected chi connectivity index (χ4v) is 1.13. The third-order valence-electron chi connectivity index (χ3n) is 0.383. The van der Waals surface area contributed by atoms with Gasteiger partial charge < -0.3 is 0 Å². The topological polar surface area (TPSA) is 17.1 Å². The van der Waals surface area contributed by atoms with Crippen molar-refractivity contribution in [2.24, 2.45) is 0 Å². The molecule has 0 saturated heterocycles. The number of hydrogen-bond acceptors (Lipinski definition) is 1. The van der Waals surface area contributed by atoms with E-state index in [4.69, 9.17) is 0 Å². The highest BCUT2D eigenvalue weighted by molar-refractivity contribution is 9.09. The van der Waals surface area contributed by atoms with Crippen LogP contribution < -0.4 is 0 Å². The second-order valence-corrected chi connectivity index (χ2v) is 2.39. The molecule has 3 heteroatoms. The first kappa shape index (κ1) is 6.58. The van der Waals surface area contributed by atoms with Gasteiger partial charge in [-0.3, -0.25) is 4.57 Å². The largest absolute Gasteiger partial charge is 0.275 e. The van der Waals surface area contributed by atoms with Crippen LogP contribution in [0, 0.1) is 0 Å². The van der Waals surface area contributed by atoms with Crippen molar-refractivity contribution in [3.63, 3.8) is 0 Å². The minimum atomic E-state index is 0.265. The van der Waals surface area contributed by atoms with Crippen LogP contribution in [0.2, 0.25) is 0 Å². The van der Waals surface area contributed by atoms with Gasteiger partial charge in [0, 0.05) is 11.5 Å². The highest BCUT2D eigenvalue weighted by atomic mass is 79.9. The smallest absolute Gasteiger partial charge is 0.155 e. The van der Waals surface area contributed by atoms with E-state index in [-0.39, 0.29) is 8.46 Å². The van der Waals surface area contributed by atoms with E-state index in [0.29, 0.717) is 0 Å². The maximum atomic E-state index is 9.64. The summed E-state index contributed by atoms with van der Waals surface area (Å²) in [6.45, 7) is 0. The average Bonchev–Trinajstić information content (AvgIpc) is 1.61. The standard InChI is InChI=1S/C3H6BrOP/c4-2-1-3-6-5/h1-3H2. The highest BCUT2D eigenvalue weighted by Crippen LogP contribution is 1.96. The normalized spacial score (nSPS) is 9.50. The maximum absolute atomic E-state index is 9.64. The first-order valence-electron chi connectivity index (χ1n) is 1.77. The molecule has 0 aliphatic heterocycles. The Morgan fingerprint density at radius 1 is 1.67 bits per heavy atom. The summed E-state index contributed by atoms with van der Waals surface area (Å²) >= 11 is 3.21. The summed E-state index contributed by atoms with van der Waals surface area (Å²) in [7, 11) is 0.265. The fraction of sp³-hybridized carbons (Fsp3) is 1.00. The van der Waals surface area contributed by atoms with Gasteiger partial charge in [-0.1, -0.05) is 15.9 Å². The molecule has 0 heterocycles. The van der Waals surface area contributed by atoms with Gasteiger partial charge in [0.2, 0.25) is 0 Å². The van der Waals surface area contributed by atoms with Crippen LogP contribution in [0.15, 0.2) is 0 Å². The van der Waals surface area contributed by atoms with Crippen LogP contribution in [-0.4, -0.2) is 11.5 Å². The molecule has 1 nitrogen and oxygen atoms in total. The predicted molar refractivity (Wildman–Crippen MR) is 30.9 cm³/mol. The molecular weight excluding hydrogens is 163 g/mol. The van der Waals surface area contributed by atoms with Gasteiger partial charge in [-0.05, 0) is 6.42 Å². The Hall–Kier alpha value is 0.580. The molecule has 0 atom stereocenters. The lowest BCUT2D eigenvalue weighted by molar-refractivity contribution is 0.598. The predicted octanol–water partition coefficient (Wildman–Crippen LogP) is 2.06. The second-order valence-electron chi connectivity index (χ2n) is 0.895. The molecule has 0 saturated carbocycles. The fourth-order valence-electron chi connectivity index (χ4n) is 0.124. The summed E-state index contributed by atoms with van der Waals surface area (Å²) in [6.07, 6.45) is 1.79. The summed E-state index contributed by atoms with van der Waals surface area (Å²) in [5, 5.41) is 0.961. The summed E-state index contributed by atoms with van der Waals surface area (Å²) in [5.41, 5.74) is 0. The van der Waals surface area contributed by atoms with E-state index in [1.54, 1.807) is 0 Å². The van der Waals surface area contributed by atoms with Crippen molar-refractivity contribution in [1.29, 1.82) is 0 Å². The lowest BCUT2D eigenvalue weighted by atomic mass is 10.6. The van der Waals surface area contributed by atoms with Crippen molar-refractivity contribution >= 4 is 24.4 Å². The van der Waals surface area contributed by atoms with Crippen molar-refractivity contribution in [1.82, 2.24) is 0 Å². The Labute approximate surface area is 47.5 Å². The Bertz CT molecular complexity index is 39.8. The second kappa shape index (κ2) is 5.58. The van der Waals surface area contributed by atoms with E-state index in [2.05, 4.69) is 15.9 Å². The van der Waals surface area contributed by atoms with Gasteiger partial charge in [-0.15, -0.1) is 0 Å². The maximum Gasteiger partial charge on any atom is 0.155 e. The molecule has 0 aromatic carbocycles. The molecule has 0 spiro atoms. The number of alkyl halides is 1. The van der Waals surface area contributed by atoms with Gasteiger partial charge in [-0.25, -0.2) is 0 Å². The Morgan fingerprint density at radius 3 is 2.50 bits per heavy atom. The molecule has 0 rings (SSSR count). The zero-order valence-electron chi connectivity index (χ0n) is 3.35. The molecule has 0 aliphatic carbocycles. The van der Waals surface area contributed by atoms with Crippen molar-refractivity contribution in [2.75, 3.05) is 11.5 Å². The van der Waals surface area contributed by atoms with Crippen LogP contribution in [0.25, 0.3) is 0 Å². The van der Waals surface area contributed by atoms with Crippen LogP contribution >= 0.6 is 24.4 Å². The van der Waals surface area contributed by atoms with E-state index in [1.165, 1.54) is 0 Å². The van der Waals surface area contributed by atoms with Gasteiger partial charge >= 0.3 is 0 Å². The van der Waals surface area contributed by atoms with Crippen LogP contribution in [-0.2, 0) is 4.57 Å². The highest BCUT2D eigenvalue weighted by Gasteiger charge is 1.77. The molecule has 0 N–H and O–H groups in total. The third kappa shape index (κ3) is 4.58. The van der Waals surface area contributed by atoms with Crippen LogP contribution in [0.5, 0.6) is 0 Å². The summed E-state index contributed by atoms with van der Waals surface area (Å²) in [5.74, 6) is 0. The Kier molecular flexibility index (Phi) is 6.12. The minimum Gasteiger partial charge on any atom is -0.275 e. The summed E-state index contributed by atoms with van der Waals surface area (Å²) in [4.78, 5) is 0. The van der Waals surface area contributed by atoms with Gasteiger partial charge in [0.25, 0.3) is 0 Å². The van der Waals surface area contributed by atoms with Gasteiger partial charge in [-0.2, -0.15) is 0 Å². The molecule has 36 valence electrons. The molecule has 0 aromatic rings. The molecular formula is C3H6BrOP. The first-order chi connectivity index (χ1) is 2.91. The molecule has 0 unspecified atom stereocenters. The Morgan fingerprint density at radius 2 is 2.33 bits per heavy atom. The lowest BCUT2D eigenvalue weighted by Crippen LogP contribution is -1.70. The quantitative estimate of drug-likeness (QED) is 0.359. The molecule has 0 radical (unpaired) electrons. The third-order valence-corrected chi connectivity index (χ3v) is 1.44. The zero-order valence-corrected chi connectivity index (χ0v) is 5.84. The number of hydrogen-bond donors (Lipinski definition) is 0. The van der Waals surface area contributed by atoms with Crippen molar-refractivity contribution in [2.45, 2.75) is 6.42 Å². The van der Waals surface area contributed by atoms with E-state index >= 15 is 0 Å². The van der Waals surface area contributed by atoms with Crippen molar-refractivity contribution in [3.05, 3.63) is 0 Å². The molecule has 6 heavy (non-hydrogen) atoms. The monoisotopic (exact) mass is 168 g/mol. The van der Waals surface area contributed by atoms with Gasteiger partial charge in [0.15, 0.2) is 8.46 Å². The lowest BCUT2D eigenvalue weighted by Gasteiger charge is -1.76. The minimum absolute atomic E-state index is 0.265. The molecule has 0 amide bonds. The SMILES string of the molecule is O=PCCCBr. The number of halogens is 1. The molecule has 0 fully saturated rings. The molecule has 0 aliphatic rings. The van der Waals surface area contributed by atoms with E-state index in [0.717, 1.165) is 17.9 Å². The summed E-state index contributed by atoms with van der Waals surface area (Å²) < 4.78 is 9.64. The number of rotatable bonds is 3. The Balaban J connectivity index is 2.49. The summed E-state index contributed by atoms with van der Waals surface area (Å²) in [6, 6.07) is 0. The van der Waals surface area contributed by atoms with Gasteiger partial charge in [0.05, 0.1) is 0 Å². The van der Waals surface area contributed by atoms with Crippen LogP contribution in [0.1, 0.15) is 6.42 Å². The van der Waals surface area contributed by atoms with Gasteiger partial charge in [0.1, 0.15) is 0 Å². The van der Waals surface area contributed by atoms with Crippen LogP contribution in [0.4, 0.5) is 0 Å². The van der Waals surface area contributed by atoms with Crippen molar-refractivity contribution < 1.29 is 4.57 Å². The molecule has 0 bridgehead atoms. The molecule has 0 aromatic heterocycles. The van der Waals surface area contributed by atoms with E-state index < -0.39 is 0 Å². The first-order valence-corrected chi connectivity index (χ1v) is 3.89. The van der Waals surface area contributed by atoms with E-state index in [1.807, 2.05) is 0 Å². The van der Waals surface area contributed by atoms with Crippen LogP contribution in [0.3, 0.4) is 0 Å².